The van der Waals surface area contributed by atoms with Crippen LogP contribution in [-0.4, -0.2) is 14.8 Å². The second-order valence-electron chi connectivity index (χ2n) is 6.33. The Morgan fingerprint density at radius 3 is 2.20 bits per heavy atom. The third-order valence-corrected chi connectivity index (χ3v) is 4.77. The first-order valence-electron chi connectivity index (χ1n) is 8.57. The van der Waals surface area contributed by atoms with Gasteiger partial charge >= 0.3 is 0 Å². The van der Waals surface area contributed by atoms with Gasteiger partial charge in [-0.15, -0.1) is 0 Å². The summed E-state index contributed by atoms with van der Waals surface area (Å²) in [5, 5.41) is 4.73. The highest BCUT2D eigenvalue weighted by Gasteiger charge is 2.20. The number of fused-ring (bicyclic) bond motifs is 3. The molecule has 5 rings (SSSR count). The molecule has 3 aromatic carbocycles. The number of aryl methyl sites for hydroxylation is 2. The first kappa shape index (κ1) is 14.2. The van der Waals surface area contributed by atoms with E-state index in [1.54, 1.807) is 0 Å². The molecule has 25 heavy (non-hydrogen) atoms. The second-order valence-corrected chi connectivity index (χ2v) is 6.33. The predicted molar refractivity (Wildman–Crippen MR) is 100 cm³/mol. The molecule has 0 bridgehead atoms. The molecule has 0 N–H and O–H groups in total. The van der Waals surface area contributed by atoms with Gasteiger partial charge in [0.25, 0.3) is 0 Å². The first-order chi connectivity index (χ1) is 12.4. The van der Waals surface area contributed by atoms with E-state index in [2.05, 4.69) is 72.8 Å². The number of aromatic nitrogens is 3. The van der Waals surface area contributed by atoms with E-state index in [1.165, 1.54) is 22.3 Å². The summed E-state index contributed by atoms with van der Waals surface area (Å²) in [4.78, 5) is 4.82. The average molecular weight is 323 g/mol. The Labute approximate surface area is 146 Å². The lowest BCUT2D eigenvalue weighted by Gasteiger charge is -2.15. The predicted octanol–water partition coefficient (Wildman–Crippen LogP) is 4.84. The Morgan fingerprint density at radius 1 is 0.680 bits per heavy atom. The van der Waals surface area contributed by atoms with E-state index in [0.29, 0.717) is 0 Å². The van der Waals surface area contributed by atoms with Crippen molar-refractivity contribution in [1.82, 2.24) is 14.8 Å². The molecule has 0 unspecified atom stereocenters. The maximum atomic E-state index is 4.82. The molecule has 0 saturated heterocycles. The maximum absolute atomic E-state index is 4.82. The normalized spacial score (nSPS) is 12.5. The highest BCUT2D eigenvalue weighted by Crippen LogP contribution is 2.30. The van der Waals surface area contributed by atoms with Gasteiger partial charge in [0, 0.05) is 17.7 Å². The van der Waals surface area contributed by atoms with Crippen molar-refractivity contribution in [2.75, 3.05) is 0 Å². The lowest BCUT2D eigenvalue weighted by molar-refractivity contribution is 0.607. The van der Waals surface area contributed by atoms with Gasteiger partial charge in [0.2, 0.25) is 0 Å². The maximum Gasteiger partial charge on any atom is 0.181 e. The summed E-state index contributed by atoms with van der Waals surface area (Å²) >= 11 is 0. The summed E-state index contributed by atoms with van der Waals surface area (Å²) in [6.07, 6.45) is 1.01. The molecule has 120 valence electrons. The van der Waals surface area contributed by atoms with Crippen LogP contribution in [0.5, 0.6) is 0 Å². The lowest BCUT2D eigenvalue weighted by atomic mass is 10.0. The Bertz CT molecular complexity index is 1030. The first-order valence-corrected chi connectivity index (χ1v) is 8.57. The summed E-state index contributed by atoms with van der Waals surface area (Å²) < 4.78 is 2.03. The van der Waals surface area contributed by atoms with Crippen LogP contribution in [0.25, 0.3) is 33.9 Å². The minimum Gasteiger partial charge on any atom is -0.245 e. The number of benzene rings is 3. The van der Waals surface area contributed by atoms with Crippen LogP contribution in [0.2, 0.25) is 0 Å². The number of nitrogens with zero attached hydrogens (tertiary/aromatic N) is 3. The largest absolute Gasteiger partial charge is 0.245 e. The van der Waals surface area contributed by atoms with Gasteiger partial charge in [0.15, 0.2) is 11.6 Å². The van der Waals surface area contributed by atoms with Crippen molar-refractivity contribution in [3.8, 4) is 33.9 Å². The van der Waals surface area contributed by atoms with Gasteiger partial charge < -0.3 is 0 Å². The van der Waals surface area contributed by atoms with Crippen molar-refractivity contribution in [2.24, 2.45) is 0 Å². The molecule has 0 saturated carbocycles. The summed E-state index contributed by atoms with van der Waals surface area (Å²) in [5.41, 5.74) is 6.04. The van der Waals surface area contributed by atoms with Crippen molar-refractivity contribution < 1.29 is 0 Å². The van der Waals surface area contributed by atoms with Gasteiger partial charge in [-0.25, -0.2) is 9.67 Å². The molecule has 2 heterocycles. The van der Waals surface area contributed by atoms with E-state index >= 15 is 0 Å². The fourth-order valence-electron chi connectivity index (χ4n) is 3.44. The fourth-order valence-corrected chi connectivity index (χ4v) is 3.44. The quantitative estimate of drug-likeness (QED) is 0.529. The number of rotatable bonds is 2. The van der Waals surface area contributed by atoms with Crippen LogP contribution in [0.3, 0.4) is 0 Å². The van der Waals surface area contributed by atoms with Crippen molar-refractivity contribution in [3.05, 3.63) is 84.4 Å². The van der Waals surface area contributed by atoms with Gasteiger partial charge in [-0.3, -0.25) is 0 Å². The molecule has 1 aliphatic heterocycles. The van der Waals surface area contributed by atoms with Gasteiger partial charge in [0.05, 0.1) is 0 Å². The van der Waals surface area contributed by atoms with E-state index in [9.17, 15) is 0 Å². The monoisotopic (exact) mass is 323 g/mol. The van der Waals surface area contributed by atoms with Crippen molar-refractivity contribution in [1.29, 1.82) is 0 Å². The molecule has 1 aromatic heterocycles. The van der Waals surface area contributed by atoms with E-state index in [4.69, 9.17) is 10.1 Å². The Balaban J connectivity index is 1.52. The molecule has 0 spiro atoms. The zero-order valence-corrected chi connectivity index (χ0v) is 13.8. The van der Waals surface area contributed by atoms with E-state index in [1.807, 2.05) is 10.7 Å². The second kappa shape index (κ2) is 5.71. The summed E-state index contributed by atoms with van der Waals surface area (Å²) in [5.74, 6) is 1.77. The Hall–Kier alpha value is -3.20. The standard InChI is InChI=1S/C22H17N3/c1-2-6-16(7-3-1)17-10-12-19(13-11-17)21-23-22-20-9-5-4-8-18(20)14-15-25(22)24-21/h1-13H,14-15H2. The smallest absolute Gasteiger partial charge is 0.181 e. The highest BCUT2D eigenvalue weighted by molar-refractivity contribution is 5.69. The van der Waals surface area contributed by atoms with Crippen molar-refractivity contribution in [3.63, 3.8) is 0 Å². The van der Waals surface area contributed by atoms with Crippen LogP contribution in [0.1, 0.15) is 5.56 Å². The van der Waals surface area contributed by atoms with Gasteiger partial charge in [-0.1, -0.05) is 78.9 Å². The van der Waals surface area contributed by atoms with Crippen LogP contribution in [-0.2, 0) is 13.0 Å². The molecule has 3 nitrogen and oxygen atoms in total. The molecule has 4 aromatic rings. The molecular formula is C22H17N3. The summed E-state index contributed by atoms with van der Waals surface area (Å²) in [7, 11) is 0. The Kier molecular flexibility index (Phi) is 3.23. The minimum atomic E-state index is 0.798. The molecule has 0 aliphatic carbocycles. The summed E-state index contributed by atoms with van der Waals surface area (Å²) in [6.45, 7) is 0.890. The Morgan fingerprint density at radius 2 is 1.36 bits per heavy atom. The van der Waals surface area contributed by atoms with E-state index in [0.717, 1.165) is 30.2 Å². The zero-order chi connectivity index (χ0) is 16.6. The van der Waals surface area contributed by atoms with E-state index in [-0.39, 0.29) is 0 Å². The van der Waals surface area contributed by atoms with Gasteiger partial charge in [-0.2, -0.15) is 5.10 Å². The lowest BCUT2D eigenvalue weighted by Crippen LogP contribution is -2.11. The van der Waals surface area contributed by atoms with Gasteiger partial charge in [-0.05, 0) is 23.1 Å². The molecule has 0 fully saturated rings. The number of hydrogen-bond donors (Lipinski definition) is 0. The molecule has 0 atom stereocenters. The third kappa shape index (κ3) is 2.45. The van der Waals surface area contributed by atoms with Crippen LogP contribution >= 0.6 is 0 Å². The molecule has 1 aliphatic rings. The average Bonchev–Trinajstić information content (AvgIpc) is 3.14. The van der Waals surface area contributed by atoms with E-state index < -0.39 is 0 Å². The van der Waals surface area contributed by atoms with Gasteiger partial charge in [0.1, 0.15) is 0 Å². The van der Waals surface area contributed by atoms with Crippen molar-refractivity contribution >= 4 is 0 Å². The number of hydrogen-bond acceptors (Lipinski definition) is 2. The zero-order valence-electron chi connectivity index (χ0n) is 13.8. The van der Waals surface area contributed by atoms with Crippen molar-refractivity contribution in [2.45, 2.75) is 13.0 Å². The topological polar surface area (TPSA) is 30.7 Å². The molecule has 0 radical (unpaired) electrons. The molecular weight excluding hydrogens is 306 g/mol. The van der Waals surface area contributed by atoms with Crippen LogP contribution < -0.4 is 0 Å². The summed E-state index contributed by atoms with van der Waals surface area (Å²) in [6, 6.07) is 27.4. The third-order valence-electron chi connectivity index (χ3n) is 4.77. The van der Waals surface area contributed by atoms with Crippen LogP contribution in [0.15, 0.2) is 78.9 Å². The molecule has 0 amide bonds. The highest BCUT2D eigenvalue weighted by atomic mass is 15.3. The minimum absolute atomic E-state index is 0.798. The molecule has 3 heteroatoms. The van der Waals surface area contributed by atoms with Crippen LogP contribution in [0, 0.1) is 0 Å². The SMILES string of the molecule is c1ccc(-c2ccc(-c3nc4n(n3)CCc3ccccc3-4)cc2)cc1. The fraction of sp³-hybridized carbons (Fsp3) is 0.0909. The van der Waals surface area contributed by atoms with Crippen LogP contribution in [0.4, 0.5) is 0 Å².